The summed E-state index contributed by atoms with van der Waals surface area (Å²) in [6, 6.07) is 0. The molecule has 0 unspecified atom stereocenters. The first-order chi connectivity index (χ1) is 6.31. The molecule has 0 radical (unpaired) electrons. The zero-order chi connectivity index (χ0) is 9.94. The lowest BCUT2D eigenvalue weighted by atomic mass is 10.6. The number of ether oxygens (including phenoxy) is 1. The maximum absolute atomic E-state index is 10.8. The van der Waals surface area contributed by atoms with E-state index < -0.39 is 0 Å². The first kappa shape index (κ1) is 12.3. The molecule has 0 aromatic rings. The van der Waals surface area contributed by atoms with Gasteiger partial charge in [0, 0.05) is 12.3 Å². The van der Waals surface area contributed by atoms with E-state index in [9.17, 15) is 4.79 Å². The van der Waals surface area contributed by atoms with Gasteiger partial charge in [0.1, 0.15) is 0 Å². The van der Waals surface area contributed by atoms with Gasteiger partial charge < -0.3 is 10.1 Å². The average molecular weight is 201 g/mol. The number of terminal acetylenes is 1. The predicted octanol–water partition coefficient (Wildman–Crippen LogP) is 0.505. The number of hydrogen-bond donors (Lipinski definition) is 1. The minimum absolute atomic E-state index is 0.204. The molecule has 13 heavy (non-hydrogen) atoms. The topological polar surface area (TPSA) is 38.3 Å². The van der Waals surface area contributed by atoms with E-state index in [1.807, 2.05) is 0 Å². The summed E-state index contributed by atoms with van der Waals surface area (Å²) >= 11 is 1.67. The predicted molar refractivity (Wildman–Crippen MR) is 55.7 cm³/mol. The van der Waals surface area contributed by atoms with Gasteiger partial charge >= 0.3 is 5.97 Å². The highest BCUT2D eigenvalue weighted by atomic mass is 32.2. The molecule has 1 N–H and O–H groups in total. The standard InChI is InChI=1S/C9H15NO2S/c1-3-6-13-7-5-10-8-9(11)12-4-2/h1,10H,4-8H2,2H3. The van der Waals surface area contributed by atoms with Crippen LogP contribution in [0.15, 0.2) is 0 Å². The highest BCUT2D eigenvalue weighted by Crippen LogP contribution is 1.94. The Labute approximate surface area is 83.6 Å². The van der Waals surface area contributed by atoms with Gasteiger partial charge in [-0.15, -0.1) is 18.2 Å². The van der Waals surface area contributed by atoms with Gasteiger partial charge in [0.2, 0.25) is 0 Å². The molecule has 0 aliphatic heterocycles. The Morgan fingerprint density at radius 1 is 1.69 bits per heavy atom. The third kappa shape index (κ3) is 9.25. The molecular weight excluding hydrogens is 186 g/mol. The van der Waals surface area contributed by atoms with Crippen LogP contribution in [0.5, 0.6) is 0 Å². The van der Waals surface area contributed by atoms with Crippen molar-refractivity contribution in [2.45, 2.75) is 6.92 Å². The number of carbonyl (C=O) groups excluding carboxylic acids is 1. The Hall–Kier alpha value is -0.660. The summed E-state index contributed by atoms with van der Waals surface area (Å²) in [5, 5.41) is 2.96. The number of hydrogen-bond acceptors (Lipinski definition) is 4. The number of rotatable bonds is 7. The normalized spacial score (nSPS) is 9.23. The van der Waals surface area contributed by atoms with Gasteiger partial charge in [-0.25, -0.2) is 0 Å². The summed E-state index contributed by atoms with van der Waals surface area (Å²) in [5.74, 6) is 3.97. The smallest absolute Gasteiger partial charge is 0.319 e. The summed E-state index contributed by atoms with van der Waals surface area (Å²) in [4.78, 5) is 10.8. The van der Waals surface area contributed by atoms with Gasteiger partial charge in [-0.05, 0) is 6.92 Å². The molecule has 0 atom stereocenters. The monoisotopic (exact) mass is 201 g/mol. The molecule has 0 bridgehead atoms. The second-order valence-electron chi connectivity index (χ2n) is 2.24. The molecule has 0 aliphatic carbocycles. The largest absolute Gasteiger partial charge is 0.465 e. The zero-order valence-electron chi connectivity index (χ0n) is 7.84. The van der Waals surface area contributed by atoms with E-state index in [0.717, 1.165) is 18.1 Å². The fourth-order valence-corrected chi connectivity index (χ4v) is 1.23. The van der Waals surface area contributed by atoms with E-state index in [4.69, 9.17) is 11.2 Å². The zero-order valence-corrected chi connectivity index (χ0v) is 8.65. The number of nitrogens with one attached hydrogen (secondary N) is 1. The van der Waals surface area contributed by atoms with Gasteiger partial charge in [-0.2, -0.15) is 0 Å². The van der Waals surface area contributed by atoms with E-state index in [0.29, 0.717) is 6.61 Å². The van der Waals surface area contributed by atoms with Crippen molar-refractivity contribution in [3.8, 4) is 12.3 Å². The Bertz CT molecular complexity index is 177. The van der Waals surface area contributed by atoms with Crippen LogP contribution in [-0.2, 0) is 9.53 Å². The van der Waals surface area contributed by atoms with Crippen molar-refractivity contribution in [1.29, 1.82) is 0 Å². The van der Waals surface area contributed by atoms with Crippen LogP contribution in [0.2, 0.25) is 0 Å². The van der Waals surface area contributed by atoms with Gasteiger partial charge in [0.15, 0.2) is 0 Å². The van der Waals surface area contributed by atoms with Crippen LogP contribution in [0.1, 0.15) is 6.92 Å². The van der Waals surface area contributed by atoms with E-state index in [1.165, 1.54) is 0 Å². The Kier molecular flexibility index (Phi) is 8.95. The van der Waals surface area contributed by atoms with Crippen LogP contribution in [0.4, 0.5) is 0 Å². The minimum atomic E-state index is -0.204. The van der Waals surface area contributed by atoms with E-state index in [-0.39, 0.29) is 12.5 Å². The second-order valence-corrected chi connectivity index (χ2v) is 3.34. The quantitative estimate of drug-likeness (QED) is 0.370. The van der Waals surface area contributed by atoms with Gasteiger partial charge in [-0.3, -0.25) is 4.79 Å². The molecule has 74 valence electrons. The molecule has 0 rings (SSSR count). The van der Waals surface area contributed by atoms with Crippen molar-refractivity contribution >= 4 is 17.7 Å². The molecule has 0 saturated heterocycles. The van der Waals surface area contributed by atoms with Gasteiger partial charge in [-0.1, -0.05) is 5.92 Å². The molecule has 3 nitrogen and oxygen atoms in total. The molecule has 0 aromatic heterocycles. The molecule has 0 fully saturated rings. The van der Waals surface area contributed by atoms with Crippen LogP contribution < -0.4 is 5.32 Å². The van der Waals surface area contributed by atoms with E-state index in [1.54, 1.807) is 18.7 Å². The fourth-order valence-electron chi connectivity index (χ4n) is 0.678. The molecule has 0 saturated carbocycles. The first-order valence-corrected chi connectivity index (χ1v) is 5.34. The van der Waals surface area contributed by atoms with Crippen molar-refractivity contribution in [3.63, 3.8) is 0 Å². The van der Waals surface area contributed by atoms with Crippen molar-refractivity contribution in [1.82, 2.24) is 5.32 Å². The number of esters is 1. The molecule has 0 aromatic carbocycles. The molecule has 0 heterocycles. The lowest BCUT2D eigenvalue weighted by molar-refractivity contribution is -0.141. The van der Waals surface area contributed by atoms with Crippen molar-refractivity contribution in [3.05, 3.63) is 0 Å². The third-order valence-corrected chi connectivity index (χ3v) is 2.05. The minimum Gasteiger partial charge on any atom is -0.465 e. The maximum Gasteiger partial charge on any atom is 0.319 e. The van der Waals surface area contributed by atoms with Gasteiger partial charge in [0.05, 0.1) is 18.9 Å². The lowest BCUT2D eigenvalue weighted by Gasteiger charge is -2.03. The van der Waals surface area contributed by atoms with Crippen LogP contribution in [0.25, 0.3) is 0 Å². The van der Waals surface area contributed by atoms with Gasteiger partial charge in [0.25, 0.3) is 0 Å². The van der Waals surface area contributed by atoms with Crippen LogP contribution in [0.3, 0.4) is 0 Å². The summed E-state index contributed by atoms with van der Waals surface area (Å²) in [6.07, 6.45) is 5.07. The third-order valence-electron chi connectivity index (χ3n) is 1.18. The molecular formula is C9H15NO2S. The van der Waals surface area contributed by atoms with Crippen molar-refractivity contribution in [2.75, 3.05) is 31.2 Å². The van der Waals surface area contributed by atoms with Crippen LogP contribution >= 0.6 is 11.8 Å². The molecule has 0 spiro atoms. The molecule has 0 amide bonds. The Morgan fingerprint density at radius 3 is 3.08 bits per heavy atom. The van der Waals surface area contributed by atoms with Crippen molar-refractivity contribution in [2.24, 2.45) is 0 Å². The maximum atomic E-state index is 10.8. The molecule has 4 heteroatoms. The van der Waals surface area contributed by atoms with Crippen LogP contribution in [-0.4, -0.2) is 37.2 Å². The SMILES string of the molecule is C#CCSCCNCC(=O)OCC. The van der Waals surface area contributed by atoms with E-state index >= 15 is 0 Å². The highest BCUT2D eigenvalue weighted by Gasteiger charge is 1.98. The Balaban J connectivity index is 3.07. The summed E-state index contributed by atoms with van der Waals surface area (Å²) in [7, 11) is 0. The van der Waals surface area contributed by atoms with Crippen LogP contribution in [0, 0.1) is 12.3 Å². The van der Waals surface area contributed by atoms with E-state index in [2.05, 4.69) is 11.2 Å². The summed E-state index contributed by atoms with van der Waals surface area (Å²) < 4.78 is 4.73. The highest BCUT2D eigenvalue weighted by molar-refractivity contribution is 7.99. The number of carbonyl (C=O) groups is 1. The lowest BCUT2D eigenvalue weighted by Crippen LogP contribution is -2.26. The molecule has 0 aliphatic rings. The number of thioether (sulfide) groups is 1. The van der Waals surface area contributed by atoms with Crippen molar-refractivity contribution < 1.29 is 9.53 Å². The first-order valence-electron chi connectivity index (χ1n) is 4.18. The average Bonchev–Trinajstić information content (AvgIpc) is 2.11. The summed E-state index contributed by atoms with van der Waals surface area (Å²) in [6.45, 7) is 3.29. The Morgan fingerprint density at radius 2 is 2.46 bits per heavy atom. The summed E-state index contributed by atoms with van der Waals surface area (Å²) in [5.41, 5.74) is 0. The fraction of sp³-hybridized carbons (Fsp3) is 0.667. The second kappa shape index (κ2) is 9.43.